The van der Waals surface area contributed by atoms with Crippen molar-refractivity contribution in [2.75, 3.05) is 7.11 Å². The van der Waals surface area contributed by atoms with Gasteiger partial charge in [-0.1, -0.05) is 4.98 Å². The third-order valence-electron chi connectivity index (χ3n) is 2.38. The number of carbonyl (C=O) groups excluding carboxylic acids is 1. The molecule has 0 radical (unpaired) electrons. The standard InChI is InChI=1S/C10H10N4O5/c1-6-8(9(15)18-2)3-7(19-6)4-13-5-11-10(12-13)14(16)17/h3,5H,4H2,1-2H3. The van der Waals surface area contributed by atoms with Gasteiger partial charge in [-0.25, -0.2) is 4.79 Å². The van der Waals surface area contributed by atoms with Crippen molar-refractivity contribution in [2.24, 2.45) is 0 Å². The van der Waals surface area contributed by atoms with E-state index in [0.29, 0.717) is 17.1 Å². The molecule has 0 aliphatic carbocycles. The Morgan fingerprint density at radius 2 is 2.37 bits per heavy atom. The van der Waals surface area contributed by atoms with Crippen LogP contribution < -0.4 is 0 Å². The van der Waals surface area contributed by atoms with Crippen molar-refractivity contribution in [3.63, 3.8) is 0 Å². The van der Waals surface area contributed by atoms with E-state index in [1.54, 1.807) is 6.92 Å². The van der Waals surface area contributed by atoms with E-state index in [2.05, 4.69) is 14.8 Å². The van der Waals surface area contributed by atoms with Crippen molar-refractivity contribution < 1.29 is 18.9 Å². The molecule has 0 bridgehead atoms. The first-order valence-corrected chi connectivity index (χ1v) is 5.22. The predicted octanol–water partition coefficient (Wildman–Crippen LogP) is 0.923. The quantitative estimate of drug-likeness (QED) is 0.459. The van der Waals surface area contributed by atoms with Crippen LogP contribution in [0.25, 0.3) is 0 Å². The van der Waals surface area contributed by atoms with Gasteiger partial charge in [-0.05, 0) is 17.9 Å². The SMILES string of the molecule is COC(=O)c1cc(Cn2cnc([N+](=O)[O-])n2)oc1C. The summed E-state index contributed by atoms with van der Waals surface area (Å²) in [5.74, 6) is -0.150. The second kappa shape index (κ2) is 4.88. The molecule has 0 N–H and O–H groups in total. The molecule has 9 heteroatoms. The second-order valence-electron chi connectivity index (χ2n) is 3.67. The molecule has 100 valence electrons. The van der Waals surface area contributed by atoms with Crippen LogP contribution in [-0.2, 0) is 11.3 Å². The summed E-state index contributed by atoms with van der Waals surface area (Å²) < 4.78 is 11.2. The molecule has 2 aromatic rings. The molecule has 0 fully saturated rings. The van der Waals surface area contributed by atoms with E-state index in [0.717, 1.165) is 0 Å². The van der Waals surface area contributed by atoms with Crippen LogP contribution in [0.2, 0.25) is 0 Å². The van der Waals surface area contributed by atoms with Crippen LogP contribution >= 0.6 is 0 Å². The molecule has 0 saturated heterocycles. The second-order valence-corrected chi connectivity index (χ2v) is 3.67. The Balaban J connectivity index is 2.19. The third kappa shape index (κ3) is 2.59. The highest BCUT2D eigenvalue weighted by Crippen LogP contribution is 2.16. The van der Waals surface area contributed by atoms with Gasteiger partial charge in [-0.3, -0.25) is 0 Å². The van der Waals surface area contributed by atoms with Gasteiger partial charge in [-0.2, -0.15) is 4.68 Å². The summed E-state index contributed by atoms with van der Waals surface area (Å²) in [6, 6.07) is 1.51. The van der Waals surface area contributed by atoms with E-state index in [-0.39, 0.29) is 6.54 Å². The normalized spacial score (nSPS) is 10.4. The highest BCUT2D eigenvalue weighted by molar-refractivity contribution is 5.90. The number of hydrogen-bond acceptors (Lipinski definition) is 7. The highest BCUT2D eigenvalue weighted by atomic mass is 16.6. The number of furan rings is 1. The van der Waals surface area contributed by atoms with Gasteiger partial charge in [0.25, 0.3) is 0 Å². The summed E-state index contributed by atoms with van der Waals surface area (Å²) in [7, 11) is 1.27. The molecule has 2 aromatic heterocycles. The smallest absolute Gasteiger partial charge is 0.465 e. The van der Waals surface area contributed by atoms with E-state index >= 15 is 0 Å². The summed E-state index contributed by atoms with van der Waals surface area (Å²) in [5.41, 5.74) is 0.312. The predicted molar refractivity (Wildman–Crippen MR) is 60.6 cm³/mol. The minimum Gasteiger partial charge on any atom is -0.465 e. The van der Waals surface area contributed by atoms with E-state index in [4.69, 9.17) is 4.42 Å². The van der Waals surface area contributed by atoms with Crippen LogP contribution in [0.1, 0.15) is 21.9 Å². The fraction of sp³-hybridized carbons (Fsp3) is 0.300. The maximum atomic E-state index is 11.4. The van der Waals surface area contributed by atoms with Crippen molar-refractivity contribution >= 4 is 11.9 Å². The average Bonchev–Trinajstić information content (AvgIpc) is 2.96. The molecule has 0 unspecified atom stereocenters. The Morgan fingerprint density at radius 3 is 2.95 bits per heavy atom. The van der Waals surface area contributed by atoms with E-state index in [9.17, 15) is 14.9 Å². The lowest BCUT2D eigenvalue weighted by Gasteiger charge is -1.93. The Kier molecular flexibility index (Phi) is 3.27. The van der Waals surface area contributed by atoms with Crippen molar-refractivity contribution in [1.82, 2.24) is 14.8 Å². The Hall–Kier alpha value is -2.71. The average molecular weight is 266 g/mol. The summed E-state index contributed by atoms with van der Waals surface area (Å²) in [4.78, 5) is 24.6. The van der Waals surface area contributed by atoms with Crippen LogP contribution in [0.5, 0.6) is 0 Å². The van der Waals surface area contributed by atoms with Crippen molar-refractivity contribution in [3.8, 4) is 0 Å². The van der Waals surface area contributed by atoms with Crippen molar-refractivity contribution in [3.05, 3.63) is 39.6 Å². The molecule has 2 heterocycles. The topological polar surface area (TPSA) is 113 Å². The summed E-state index contributed by atoms with van der Waals surface area (Å²) in [5, 5.41) is 14.1. The minimum absolute atomic E-state index is 0.138. The molecular formula is C10H10N4O5. The van der Waals surface area contributed by atoms with Gasteiger partial charge in [0.15, 0.2) is 0 Å². The van der Waals surface area contributed by atoms with E-state index in [1.165, 1.54) is 24.2 Å². The monoisotopic (exact) mass is 266 g/mol. The van der Waals surface area contributed by atoms with Crippen LogP contribution in [0.3, 0.4) is 0 Å². The van der Waals surface area contributed by atoms with Gasteiger partial charge in [0.05, 0.1) is 7.11 Å². The third-order valence-corrected chi connectivity index (χ3v) is 2.38. The minimum atomic E-state index is -0.691. The molecule has 9 nitrogen and oxygen atoms in total. The zero-order valence-corrected chi connectivity index (χ0v) is 10.2. The molecule has 0 aliphatic rings. The molecule has 19 heavy (non-hydrogen) atoms. The number of esters is 1. The lowest BCUT2D eigenvalue weighted by atomic mass is 10.2. The number of nitro groups is 1. The highest BCUT2D eigenvalue weighted by Gasteiger charge is 2.18. The molecule has 2 rings (SSSR count). The van der Waals surface area contributed by atoms with Crippen LogP contribution in [0.4, 0.5) is 5.95 Å². The molecule has 0 amide bonds. The van der Waals surface area contributed by atoms with E-state index in [1.807, 2.05) is 0 Å². The van der Waals surface area contributed by atoms with Gasteiger partial charge >= 0.3 is 11.9 Å². The maximum Gasteiger partial charge on any atom is 0.490 e. The first-order valence-electron chi connectivity index (χ1n) is 5.22. The van der Waals surface area contributed by atoms with Gasteiger partial charge in [0, 0.05) is 5.10 Å². The maximum absolute atomic E-state index is 11.4. The Morgan fingerprint density at radius 1 is 1.63 bits per heavy atom. The Bertz CT molecular complexity index is 630. The molecule has 0 aromatic carbocycles. The summed E-state index contributed by atoms with van der Waals surface area (Å²) >= 11 is 0. The zero-order chi connectivity index (χ0) is 14.0. The fourth-order valence-electron chi connectivity index (χ4n) is 1.54. The number of carbonyl (C=O) groups is 1. The van der Waals surface area contributed by atoms with Gasteiger partial charge < -0.3 is 19.3 Å². The largest absolute Gasteiger partial charge is 0.490 e. The van der Waals surface area contributed by atoms with Crippen LogP contribution in [0.15, 0.2) is 16.8 Å². The molecule has 0 aliphatic heterocycles. The zero-order valence-electron chi connectivity index (χ0n) is 10.2. The summed E-state index contributed by atoms with van der Waals surface area (Å²) in [6.07, 6.45) is 1.22. The number of aryl methyl sites for hydroxylation is 1. The first kappa shape index (κ1) is 12.7. The van der Waals surface area contributed by atoms with Crippen LogP contribution in [-0.4, -0.2) is 32.8 Å². The Labute approximate surface area is 106 Å². The van der Waals surface area contributed by atoms with Gasteiger partial charge in [0.2, 0.25) is 6.33 Å². The van der Waals surface area contributed by atoms with Gasteiger partial charge in [-0.15, -0.1) is 0 Å². The number of methoxy groups -OCH3 is 1. The lowest BCUT2D eigenvalue weighted by molar-refractivity contribution is -0.394. The number of nitrogens with zero attached hydrogens (tertiary/aromatic N) is 4. The molecular weight excluding hydrogens is 256 g/mol. The number of rotatable bonds is 4. The van der Waals surface area contributed by atoms with Crippen molar-refractivity contribution in [2.45, 2.75) is 13.5 Å². The number of hydrogen-bond donors (Lipinski definition) is 0. The number of ether oxygens (including phenoxy) is 1. The van der Waals surface area contributed by atoms with Crippen molar-refractivity contribution in [1.29, 1.82) is 0 Å². The first-order chi connectivity index (χ1) is 9.01. The van der Waals surface area contributed by atoms with Gasteiger partial charge in [0.1, 0.15) is 23.6 Å². The molecule has 0 atom stereocenters. The summed E-state index contributed by atoms with van der Waals surface area (Å²) in [6.45, 7) is 1.76. The fourth-order valence-corrected chi connectivity index (χ4v) is 1.54. The molecule has 0 spiro atoms. The number of aromatic nitrogens is 3. The lowest BCUT2D eigenvalue weighted by Crippen LogP contribution is -2.01. The molecule has 0 saturated carbocycles. The van der Waals surface area contributed by atoms with E-state index < -0.39 is 16.8 Å². The van der Waals surface area contributed by atoms with Crippen LogP contribution in [0, 0.1) is 17.0 Å².